The number of carbonyl (C=O) groups is 1. The summed E-state index contributed by atoms with van der Waals surface area (Å²) in [7, 11) is 0. The summed E-state index contributed by atoms with van der Waals surface area (Å²) in [4.78, 5) is 11.1. The van der Waals surface area contributed by atoms with Gasteiger partial charge in [-0.15, -0.1) is 0 Å². The molecule has 0 aliphatic heterocycles. The number of amides is 1. The van der Waals surface area contributed by atoms with E-state index in [2.05, 4.69) is 25.5 Å². The molecule has 0 bridgehead atoms. The summed E-state index contributed by atoms with van der Waals surface area (Å²) in [6.45, 7) is 9.98. The maximum absolute atomic E-state index is 11.1. The van der Waals surface area contributed by atoms with Crippen LogP contribution in [0.25, 0.3) is 0 Å². The number of carbonyl (C=O) groups excluding carboxylic acids is 1. The largest absolute Gasteiger partial charge is 0.299 e. The lowest BCUT2D eigenvalue weighted by Gasteiger charge is -2.18. The minimum atomic E-state index is 0.0739. The molecule has 0 aliphatic carbocycles. The minimum Gasteiger partial charge on any atom is -0.299 e. The molecule has 1 amide bonds. The van der Waals surface area contributed by atoms with E-state index in [4.69, 9.17) is 0 Å². The van der Waals surface area contributed by atoms with E-state index in [1.54, 1.807) is 0 Å². The Bertz CT molecular complexity index is 138. The molecule has 0 aromatic carbocycles. The summed E-state index contributed by atoms with van der Waals surface area (Å²) < 4.78 is 2.90. The monoisotopic (exact) mass is 175 g/mol. The Balaban J connectivity index is 3.64. The summed E-state index contributed by atoms with van der Waals surface area (Å²) in [6, 6.07) is 0. The van der Waals surface area contributed by atoms with Gasteiger partial charge in [0.05, 0.1) is 0 Å². The van der Waals surface area contributed by atoms with Crippen molar-refractivity contribution in [3.8, 4) is 0 Å². The van der Waals surface area contributed by atoms with Gasteiger partial charge in [-0.1, -0.05) is 13.8 Å². The normalized spacial score (nSPS) is 11.8. The molecule has 0 atom stereocenters. The first-order valence-electron chi connectivity index (χ1n) is 3.81. The van der Waals surface area contributed by atoms with Crippen LogP contribution in [-0.2, 0) is 4.79 Å². The van der Waals surface area contributed by atoms with Crippen molar-refractivity contribution in [2.75, 3.05) is 0 Å². The number of rotatable bonds is 2. The quantitative estimate of drug-likeness (QED) is 0.652. The van der Waals surface area contributed by atoms with Gasteiger partial charge in [0.1, 0.15) is 0 Å². The second kappa shape index (κ2) is 4.00. The molecule has 0 spiro atoms. The molecule has 0 rings (SSSR count). The van der Waals surface area contributed by atoms with E-state index < -0.39 is 0 Å². The van der Waals surface area contributed by atoms with Crippen molar-refractivity contribution in [3.05, 3.63) is 0 Å². The van der Waals surface area contributed by atoms with Crippen LogP contribution in [-0.4, -0.2) is 10.7 Å². The molecule has 0 aliphatic rings. The van der Waals surface area contributed by atoms with Crippen molar-refractivity contribution in [1.82, 2.24) is 4.72 Å². The van der Waals surface area contributed by atoms with Crippen molar-refractivity contribution in [3.63, 3.8) is 0 Å². The highest BCUT2D eigenvalue weighted by Crippen LogP contribution is 2.19. The molecule has 66 valence electrons. The summed E-state index contributed by atoms with van der Waals surface area (Å²) in [6.07, 6.45) is 0. The molecule has 0 radical (unpaired) electrons. The van der Waals surface area contributed by atoms with Gasteiger partial charge in [-0.05, 0) is 32.7 Å². The molecule has 2 nitrogen and oxygen atoms in total. The molecule has 3 heteroatoms. The van der Waals surface area contributed by atoms with Gasteiger partial charge < -0.3 is 0 Å². The first-order chi connectivity index (χ1) is 4.83. The molecule has 1 N–H and O–H groups in total. The second-order valence-electron chi connectivity index (χ2n) is 3.84. The molecule has 0 heterocycles. The smallest absolute Gasteiger partial charge is 0.232 e. The van der Waals surface area contributed by atoms with Gasteiger partial charge in [0, 0.05) is 10.7 Å². The van der Waals surface area contributed by atoms with Crippen molar-refractivity contribution >= 4 is 17.9 Å². The van der Waals surface area contributed by atoms with Crippen LogP contribution in [0.4, 0.5) is 0 Å². The van der Waals surface area contributed by atoms with Crippen molar-refractivity contribution < 1.29 is 4.79 Å². The van der Waals surface area contributed by atoms with Crippen LogP contribution >= 0.6 is 11.9 Å². The van der Waals surface area contributed by atoms with Crippen molar-refractivity contribution in [1.29, 1.82) is 0 Å². The van der Waals surface area contributed by atoms with Gasteiger partial charge >= 0.3 is 0 Å². The predicted molar refractivity (Wildman–Crippen MR) is 50.3 cm³/mol. The maximum atomic E-state index is 11.1. The topological polar surface area (TPSA) is 29.1 Å². The average Bonchev–Trinajstić information content (AvgIpc) is 1.80. The van der Waals surface area contributed by atoms with Crippen LogP contribution in [0.5, 0.6) is 0 Å². The lowest BCUT2D eigenvalue weighted by Crippen LogP contribution is -2.26. The highest BCUT2D eigenvalue weighted by molar-refractivity contribution is 7.99. The summed E-state index contributed by atoms with van der Waals surface area (Å²) in [5, 5.41) is 0. The Morgan fingerprint density at radius 3 is 2.09 bits per heavy atom. The van der Waals surface area contributed by atoms with Gasteiger partial charge in [0.25, 0.3) is 0 Å². The molecule has 0 fully saturated rings. The van der Waals surface area contributed by atoms with Crippen LogP contribution in [0.2, 0.25) is 0 Å². The summed E-state index contributed by atoms with van der Waals surface area (Å²) in [5.74, 6) is 0.176. The van der Waals surface area contributed by atoms with Crippen LogP contribution < -0.4 is 4.72 Å². The third-order valence-electron chi connectivity index (χ3n) is 0.982. The molecule has 0 aromatic rings. The van der Waals surface area contributed by atoms with Gasteiger partial charge in [-0.2, -0.15) is 0 Å². The van der Waals surface area contributed by atoms with Crippen LogP contribution in [0.1, 0.15) is 34.6 Å². The van der Waals surface area contributed by atoms with Crippen molar-refractivity contribution in [2.45, 2.75) is 39.4 Å². The Hall–Kier alpha value is -0.180. The first-order valence-corrected chi connectivity index (χ1v) is 4.62. The standard InChI is InChI=1S/C8H17NOS/c1-6(2)7(10)9-11-8(3,4)5/h6H,1-5H3,(H,9,10). The molecule has 11 heavy (non-hydrogen) atoms. The number of hydrogen-bond donors (Lipinski definition) is 1. The summed E-state index contributed by atoms with van der Waals surface area (Å²) >= 11 is 1.47. The first kappa shape index (κ1) is 10.8. The Morgan fingerprint density at radius 2 is 1.82 bits per heavy atom. The van der Waals surface area contributed by atoms with E-state index in [1.807, 2.05) is 13.8 Å². The van der Waals surface area contributed by atoms with Crippen molar-refractivity contribution in [2.24, 2.45) is 5.92 Å². The molecule has 0 unspecified atom stereocenters. The lowest BCUT2D eigenvalue weighted by atomic mass is 10.2. The number of hydrogen-bond acceptors (Lipinski definition) is 2. The van der Waals surface area contributed by atoms with E-state index in [0.29, 0.717) is 0 Å². The van der Waals surface area contributed by atoms with Gasteiger partial charge in [-0.25, -0.2) is 0 Å². The number of nitrogens with one attached hydrogen (secondary N) is 1. The minimum absolute atomic E-state index is 0.0739. The van der Waals surface area contributed by atoms with E-state index in [-0.39, 0.29) is 16.6 Å². The zero-order valence-electron chi connectivity index (χ0n) is 7.89. The molecular formula is C8H17NOS. The zero-order valence-corrected chi connectivity index (χ0v) is 8.71. The maximum Gasteiger partial charge on any atom is 0.232 e. The highest BCUT2D eigenvalue weighted by Gasteiger charge is 2.14. The van der Waals surface area contributed by atoms with Gasteiger partial charge in [-0.3, -0.25) is 9.52 Å². The molecular weight excluding hydrogens is 158 g/mol. The lowest BCUT2D eigenvalue weighted by molar-refractivity contribution is -0.122. The van der Waals surface area contributed by atoms with E-state index >= 15 is 0 Å². The SMILES string of the molecule is CC(C)C(=O)NSC(C)(C)C. The molecule has 0 saturated carbocycles. The van der Waals surface area contributed by atoms with E-state index in [9.17, 15) is 4.79 Å². The fraction of sp³-hybridized carbons (Fsp3) is 0.875. The fourth-order valence-corrected chi connectivity index (χ4v) is 0.964. The van der Waals surface area contributed by atoms with Crippen LogP contribution in [0.3, 0.4) is 0 Å². The second-order valence-corrected chi connectivity index (χ2v) is 5.47. The predicted octanol–water partition coefficient (Wildman–Crippen LogP) is 2.21. The molecule has 0 saturated heterocycles. The Morgan fingerprint density at radius 1 is 1.36 bits per heavy atom. The Kier molecular flexibility index (Phi) is 3.93. The highest BCUT2D eigenvalue weighted by atomic mass is 32.2. The zero-order chi connectivity index (χ0) is 9.07. The van der Waals surface area contributed by atoms with E-state index in [0.717, 1.165) is 0 Å². The van der Waals surface area contributed by atoms with Gasteiger partial charge in [0.2, 0.25) is 5.91 Å². The fourth-order valence-electron chi connectivity index (χ4n) is 0.321. The van der Waals surface area contributed by atoms with Gasteiger partial charge in [0.15, 0.2) is 0 Å². The van der Waals surface area contributed by atoms with Crippen LogP contribution in [0, 0.1) is 5.92 Å². The average molecular weight is 175 g/mol. The molecule has 0 aromatic heterocycles. The third kappa shape index (κ3) is 6.23. The van der Waals surface area contributed by atoms with Crippen LogP contribution in [0.15, 0.2) is 0 Å². The summed E-state index contributed by atoms with van der Waals surface area (Å²) in [5.41, 5.74) is 0. The van der Waals surface area contributed by atoms with E-state index in [1.165, 1.54) is 11.9 Å². The Labute approximate surface area is 73.3 Å². The third-order valence-corrected chi connectivity index (χ3v) is 1.90.